The highest BCUT2D eigenvalue weighted by Gasteiger charge is 2.42. The van der Waals surface area contributed by atoms with Gasteiger partial charge < -0.3 is 0 Å². The smallest absolute Gasteiger partial charge is 0.165 e. The summed E-state index contributed by atoms with van der Waals surface area (Å²) in [4.78, 5) is 7.46. The molecular weight excluding hydrogens is 320 g/mol. The van der Waals surface area contributed by atoms with Gasteiger partial charge in [-0.3, -0.25) is 4.90 Å². The molecule has 1 aliphatic heterocycles. The minimum absolute atomic E-state index is 0.176. The number of hydrogen-bond donors (Lipinski definition) is 0. The summed E-state index contributed by atoms with van der Waals surface area (Å²) >= 11 is 0. The SMILES string of the molecule is CCn1nc(CN2CCC3(CCC3)C2)nc1-c1ccc(C(C)(C)C)cc1. The second-order valence-electron chi connectivity index (χ2n) is 9.31. The summed E-state index contributed by atoms with van der Waals surface area (Å²) in [6.45, 7) is 13.1. The number of benzene rings is 1. The van der Waals surface area contributed by atoms with E-state index in [0.717, 1.165) is 30.3 Å². The van der Waals surface area contributed by atoms with Gasteiger partial charge in [-0.2, -0.15) is 5.10 Å². The summed E-state index contributed by atoms with van der Waals surface area (Å²) in [6.07, 6.45) is 5.63. The molecule has 1 aromatic heterocycles. The van der Waals surface area contributed by atoms with Crippen LogP contribution in [0.3, 0.4) is 0 Å². The Morgan fingerprint density at radius 1 is 1.08 bits per heavy atom. The van der Waals surface area contributed by atoms with Crippen LogP contribution in [0.25, 0.3) is 11.4 Å². The van der Waals surface area contributed by atoms with Gasteiger partial charge in [-0.15, -0.1) is 0 Å². The lowest BCUT2D eigenvalue weighted by Crippen LogP contribution is -2.33. The van der Waals surface area contributed by atoms with Crippen molar-refractivity contribution in [2.75, 3.05) is 13.1 Å². The molecule has 2 aliphatic rings. The number of aromatic nitrogens is 3. The molecule has 140 valence electrons. The molecule has 4 heteroatoms. The van der Waals surface area contributed by atoms with E-state index in [1.807, 2.05) is 0 Å². The first-order chi connectivity index (χ1) is 12.4. The van der Waals surface area contributed by atoms with Crippen molar-refractivity contribution in [2.45, 2.75) is 71.9 Å². The lowest BCUT2D eigenvalue weighted by Gasteiger charge is -2.38. The number of aryl methyl sites for hydroxylation is 1. The molecule has 1 saturated heterocycles. The lowest BCUT2D eigenvalue weighted by atomic mass is 9.68. The van der Waals surface area contributed by atoms with Gasteiger partial charge in [-0.1, -0.05) is 51.5 Å². The molecular formula is C22H32N4. The van der Waals surface area contributed by atoms with E-state index in [0.29, 0.717) is 5.41 Å². The Kier molecular flexibility index (Phi) is 4.42. The highest BCUT2D eigenvalue weighted by molar-refractivity contribution is 5.56. The normalized spacial score (nSPS) is 19.8. The molecule has 2 fully saturated rings. The van der Waals surface area contributed by atoms with Crippen LogP contribution in [0.5, 0.6) is 0 Å². The maximum absolute atomic E-state index is 4.91. The molecule has 2 heterocycles. The van der Waals surface area contributed by atoms with Gasteiger partial charge in [-0.05, 0) is 49.1 Å². The zero-order chi connectivity index (χ0) is 18.4. The molecule has 0 bridgehead atoms. The molecule has 0 unspecified atom stereocenters. The van der Waals surface area contributed by atoms with Crippen LogP contribution in [0, 0.1) is 5.41 Å². The first-order valence-corrected chi connectivity index (χ1v) is 10.2. The van der Waals surface area contributed by atoms with E-state index in [2.05, 4.69) is 61.5 Å². The van der Waals surface area contributed by atoms with Crippen LogP contribution in [0.4, 0.5) is 0 Å². The van der Waals surface area contributed by atoms with E-state index in [1.54, 1.807) is 0 Å². The van der Waals surface area contributed by atoms with Crippen molar-refractivity contribution in [3.8, 4) is 11.4 Å². The van der Waals surface area contributed by atoms with Gasteiger partial charge in [0.05, 0.1) is 6.54 Å². The maximum atomic E-state index is 4.91. The van der Waals surface area contributed by atoms with Crippen molar-refractivity contribution in [2.24, 2.45) is 5.41 Å². The van der Waals surface area contributed by atoms with Gasteiger partial charge in [0.15, 0.2) is 11.6 Å². The Balaban J connectivity index is 1.52. The topological polar surface area (TPSA) is 34.0 Å². The monoisotopic (exact) mass is 352 g/mol. The van der Waals surface area contributed by atoms with Gasteiger partial charge in [0.25, 0.3) is 0 Å². The molecule has 0 N–H and O–H groups in total. The second-order valence-corrected chi connectivity index (χ2v) is 9.31. The minimum Gasteiger partial charge on any atom is -0.295 e. The predicted octanol–water partition coefficient (Wildman–Crippen LogP) is 4.64. The lowest BCUT2D eigenvalue weighted by molar-refractivity contribution is 0.136. The first-order valence-electron chi connectivity index (χ1n) is 10.2. The van der Waals surface area contributed by atoms with Crippen molar-refractivity contribution >= 4 is 0 Å². The van der Waals surface area contributed by atoms with Crippen LogP contribution in [0.1, 0.15) is 64.8 Å². The Labute approximate surface area is 157 Å². The van der Waals surface area contributed by atoms with Crippen molar-refractivity contribution in [3.63, 3.8) is 0 Å². The zero-order valence-electron chi connectivity index (χ0n) is 16.8. The summed E-state index contributed by atoms with van der Waals surface area (Å²) in [5.41, 5.74) is 3.33. The van der Waals surface area contributed by atoms with Crippen molar-refractivity contribution in [1.82, 2.24) is 19.7 Å². The molecule has 0 atom stereocenters. The quantitative estimate of drug-likeness (QED) is 0.804. The van der Waals surface area contributed by atoms with Crippen LogP contribution in [-0.4, -0.2) is 32.8 Å². The molecule has 4 nitrogen and oxygen atoms in total. The van der Waals surface area contributed by atoms with Gasteiger partial charge in [-0.25, -0.2) is 9.67 Å². The molecule has 2 aromatic rings. The molecule has 4 rings (SSSR count). The van der Waals surface area contributed by atoms with E-state index >= 15 is 0 Å². The molecule has 26 heavy (non-hydrogen) atoms. The standard InChI is InChI=1S/C22H32N4/c1-5-26-20(17-7-9-18(10-8-17)21(2,3)4)23-19(24-26)15-25-14-13-22(16-25)11-6-12-22/h7-10H,5-6,11-16H2,1-4H3. The summed E-state index contributed by atoms with van der Waals surface area (Å²) in [5.74, 6) is 1.97. The minimum atomic E-state index is 0.176. The molecule has 0 amide bonds. The molecule has 0 radical (unpaired) electrons. The van der Waals surface area contributed by atoms with E-state index in [9.17, 15) is 0 Å². The predicted molar refractivity (Wildman–Crippen MR) is 106 cm³/mol. The first kappa shape index (κ1) is 17.7. The summed E-state index contributed by atoms with van der Waals surface area (Å²) in [7, 11) is 0. The number of hydrogen-bond acceptors (Lipinski definition) is 3. The van der Waals surface area contributed by atoms with Gasteiger partial charge in [0.1, 0.15) is 0 Å². The van der Waals surface area contributed by atoms with Crippen molar-refractivity contribution in [1.29, 1.82) is 0 Å². The third kappa shape index (κ3) is 3.32. The fourth-order valence-corrected chi connectivity index (χ4v) is 4.46. The fourth-order valence-electron chi connectivity index (χ4n) is 4.46. The second kappa shape index (κ2) is 6.49. The van der Waals surface area contributed by atoms with E-state index in [1.165, 1.54) is 44.3 Å². The molecule has 1 aromatic carbocycles. The summed E-state index contributed by atoms with van der Waals surface area (Å²) < 4.78 is 2.05. The summed E-state index contributed by atoms with van der Waals surface area (Å²) in [6, 6.07) is 8.84. The van der Waals surface area contributed by atoms with Crippen LogP contribution in [0.15, 0.2) is 24.3 Å². The Bertz CT molecular complexity index is 762. The largest absolute Gasteiger partial charge is 0.295 e. The Morgan fingerprint density at radius 2 is 1.81 bits per heavy atom. The number of rotatable bonds is 4. The number of likely N-dealkylation sites (tertiary alicyclic amines) is 1. The molecule has 1 spiro atoms. The van der Waals surface area contributed by atoms with E-state index in [-0.39, 0.29) is 5.41 Å². The fraction of sp³-hybridized carbons (Fsp3) is 0.636. The van der Waals surface area contributed by atoms with Crippen molar-refractivity contribution < 1.29 is 0 Å². The zero-order valence-corrected chi connectivity index (χ0v) is 16.8. The Morgan fingerprint density at radius 3 is 2.35 bits per heavy atom. The molecule has 1 aliphatic carbocycles. The highest BCUT2D eigenvalue weighted by atomic mass is 15.4. The van der Waals surface area contributed by atoms with Crippen LogP contribution in [0.2, 0.25) is 0 Å². The van der Waals surface area contributed by atoms with Crippen LogP contribution >= 0.6 is 0 Å². The highest BCUT2D eigenvalue weighted by Crippen LogP contribution is 2.48. The third-order valence-corrected chi connectivity index (χ3v) is 6.32. The van der Waals surface area contributed by atoms with Gasteiger partial charge in [0, 0.05) is 18.7 Å². The van der Waals surface area contributed by atoms with Crippen molar-refractivity contribution in [3.05, 3.63) is 35.7 Å². The maximum Gasteiger partial charge on any atom is 0.165 e. The molecule has 1 saturated carbocycles. The average molecular weight is 353 g/mol. The van der Waals surface area contributed by atoms with E-state index in [4.69, 9.17) is 10.1 Å². The number of nitrogens with zero attached hydrogens (tertiary/aromatic N) is 4. The Hall–Kier alpha value is -1.68. The third-order valence-electron chi connectivity index (χ3n) is 6.32. The average Bonchev–Trinajstić information content (AvgIpc) is 3.18. The van der Waals surface area contributed by atoms with Crippen LogP contribution in [-0.2, 0) is 18.5 Å². The van der Waals surface area contributed by atoms with E-state index < -0.39 is 0 Å². The van der Waals surface area contributed by atoms with Gasteiger partial charge in [0.2, 0.25) is 0 Å². The van der Waals surface area contributed by atoms with Gasteiger partial charge >= 0.3 is 0 Å². The van der Waals surface area contributed by atoms with Crippen LogP contribution < -0.4 is 0 Å². The summed E-state index contributed by atoms with van der Waals surface area (Å²) in [5, 5.41) is 4.80.